The molecule has 0 aromatic rings. The van der Waals surface area contributed by atoms with Crippen molar-refractivity contribution in [1.29, 1.82) is 0 Å². The lowest BCUT2D eigenvalue weighted by Crippen LogP contribution is -2.52. The smallest absolute Gasteiger partial charge is 0.0271 e. The van der Waals surface area contributed by atoms with Crippen molar-refractivity contribution in [3.05, 3.63) is 0 Å². The molecule has 1 aliphatic heterocycles. The van der Waals surface area contributed by atoms with Crippen molar-refractivity contribution in [2.75, 3.05) is 33.7 Å². The second-order valence-corrected chi connectivity index (χ2v) is 7.41. The Bertz CT molecular complexity index is 222. The van der Waals surface area contributed by atoms with Gasteiger partial charge in [0.2, 0.25) is 0 Å². The summed E-state index contributed by atoms with van der Waals surface area (Å²) in [5.41, 5.74) is 0.377. The first-order valence-electron chi connectivity index (χ1n) is 7.73. The lowest BCUT2D eigenvalue weighted by Gasteiger charge is -2.44. The van der Waals surface area contributed by atoms with Gasteiger partial charge in [-0.2, -0.15) is 0 Å². The first-order chi connectivity index (χ1) is 8.34. The molecule has 1 rings (SSSR count). The predicted octanol–water partition coefficient (Wildman–Crippen LogP) is 3.47. The van der Waals surface area contributed by atoms with Crippen molar-refractivity contribution in [3.8, 4) is 0 Å². The van der Waals surface area contributed by atoms with Gasteiger partial charge in [0.1, 0.15) is 0 Å². The summed E-state index contributed by atoms with van der Waals surface area (Å²) in [6.07, 6.45) is 5.61. The zero-order valence-corrected chi connectivity index (χ0v) is 13.5. The highest BCUT2D eigenvalue weighted by atomic mass is 15.2. The Balaban J connectivity index is 2.55. The number of likely N-dealkylation sites (tertiary alicyclic amines) is 1. The molecular formula is C16H34N2. The lowest BCUT2D eigenvalue weighted by atomic mass is 9.83. The standard InChI is InChI=1S/C16H34N2/c1-7-8-14-9-11-18(12-10-14)15(13-17(5)6)16(2,3)4/h14-15H,7-13H2,1-6H3. The second-order valence-electron chi connectivity index (χ2n) is 7.41. The third kappa shape index (κ3) is 4.89. The SMILES string of the molecule is CCCC1CCN(C(CN(C)C)C(C)(C)C)CC1. The maximum Gasteiger partial charge on any atom is 0.0271 e. The van der Waals surface area contributed by atoms with Gasteiger partial charge in [-0.25, -0.2) is 0 Å². The third-order valence-corrected chi connectivity index (χ3v) is 4.32. The van der Waals surface area contributed by atoms with Crippen LogP contribution in [0.2, 0.25) is 0 Å². The maximum absolute atomic E-state index is 2.74. The van der Waals surface area contributed by atoms with Crippen LogP contribution in [0.15, 0.2) is 0 Å². The van der Waals surface area contributed by atoms with Crippen molar-refractivity contribution >= 4 is 0 Å². The second kappa shape index (κ2) is 6.91. The lowest BCUT2D eigenvalue weighted by molar-refractivity contribution is 0.0454. The van der Waals surface area contributed by atoms with Crippen molar-refractivity contribution in [2.24, 2.45) is 11.3 Å². The molecular weight excluding hydrogens is 220 g/mol. The van der Waals surface area contributed by atoms with E-state index >= 15 is 0 Å². The minimum atomic E-state index is 0.377. The third-order valence-electron chi connectivity index (χ3n) is 4.32. The average molecular weight is 254 g/mol. The molecule has 0 aliphatic carbocycles. The van der Waals surface area contributed by atoms with Crippen LogP contribution in [0, 0.1) is 11.3 Å². The van der Waals surface area contributed by atoms with Crippen LogP contribution >= 0.6 is 0 Å². The highest BCUT2D eigenvalue weighted by Gasteiger charge is 2.32. The topological polar surface area (TPSA) is 6.48 Å². The molecule has 108 valence electrons. The van der Waals surface area contributed by atoms with Gasteiger partial charge in [0, 0.05) is 12.6 Å². The molecule has 2 nitrogen and oxygen atoms in total. The molecule has 0 aromatic carbocycles. The molecule has 1 fully saturated rings. The van der Waals surface area contributed by atoms with Crippen LogP contribution in [0.4, 0.5) is 0 Å². The van der Waals surface area contributed by atoms with Crippen LogP contribution in [0.3, 0.4) is 0 Å². The Labute approximate surface area is 115 Å². The van der Waals surface area contributed by atoms with Gasteiger partial charge in [-0.3, -0.25) is 4.90 Å². The first kappa shape index (κ1) is 16.0. The molecule has 0 bridgehead atoms. The van der Waals surface area contributed by atoms with Crippen molar-refractivity contribution in [3.63, 3.8) is 0 Å². The van der Waals surface area contributed by atoms with E-state index in [0.29, 0.717) is 11.5 Å². The average Bonchev–Trinajstić information content (AvgIpc) is 2.26. The van der Waals surface area contributed by atoms with Gasteiger partial charge in [0.25, 0.3) is 0 Å². The Hall–Kier alpha value is -0.0800. The zero-order valence-electron chi connectivity index (χ0n) is 13.5. The zero-order chi connectivity index (χ0) is 13.8. The van der Waals surface area contributed by atoms with Gasteiger partial charge in [0.15, 0.2) is 0 Å². The van der Waals surface area contributed by atoms with Crippen molar-refractivity contribution in [1.82, 2.24) is 9.80 Å². The molecule has 1 heterocycles. The van der Waals surface area contributed by atoms with E-state index in [1.165, 1.54) is 45.3 Å². The minimum absolute atomic E-state index is 0.377. The fraction of sp³-hybridized carbons (Fsp3) is 1.00. The predicted molar refractivity (Wildman–Crippen MR) is 81.0 cm³/mol. The van der Waals surface area contributed by atoms with E-state index < -0.39 is 0 Å². The summed E-state index contributed by atoms with van der Waals surface area (Å²) in [6, 6.07) is 0.690. The molecule has 0 amide bonds. The largest absolute Gasteiger partial charge is 0.308 e. The summed E-state index contributed by atoms with van der Waals surface area (Å²) in [6.45, 7) is 13.3. The van der Waals surface area contributed by atoms with Crippen LogP contribution in [0.1, 0.15) is 53.4 Å². The highest BCUT2D eigenvalue weighted by Crippen LogP contribution is 2.30. The summed E-state index contributed by atoms with van der Waals surface area (Å²) >= 11 is 0. The Morgan fingerprint density at radius 3 is 2.11 bits per heavy atom. The fourth-order valence-electron chi connectivity index (χ4n) is 3.24. The van der Waals surface area contributed by atoms with E-state index in [1.54, 1.807) is 0 Å². The van der Waals surface area contributed by atoms with E-state index in [1.807, 2.05) is 0 Å². The molecule has 1 aliphatic rings. The van der Waals surface area contributed by atoms with Crippen molar-refractivity contribution in [2.45, 2.75) is 59.4 Å². The van der Waals surface area contributed by atoms with Crippen molar-refractivity contribution < 1.29 is 0 Å². The molecule has 0 N–H and O–H groups in total. The fourth-order valence-corrected chi connectivity index (χ4v) is 3.24. The van der Waals surface area contributed by atoms with E-state index in [0.717, 1.165) is 5.92 Å². The molecule has 0 saturated carbocycles. The summed E-state index contributed by atoms with van der Waals surface area (Å²) < 4.78 is 0. The molecule has 1 atom stereocenters. The Morgan fingerprint density at radius 2 is 1.72 bits per heavy atom. The first-order valence-corrected chi connectivity index (χ1v) is 7.73. The number of hydrogen-bond donors (Lipinski definition) is 0. The summed E-state index contributed by atoms with van der Waals surface area (Å²) in [7, 11) is 4.39. The van der Waals surface area contributed by atoms with Crippen LogP contribution in [-0.2, 0) is 0 Å². The Kier molecular flexibility index (Phi) is 6.13. The van der Waals surface area contributed by atoms with E-state index in [-0.39, 0.29) is 0 Å². The summed E-state index contributed by atoms with van der Waals surface area (Å²) in [4.78, 5) is 5.08. The van der Waals surface area contributed by atoms with E-state index in [2.05, 4.69) is 51.6 Å². The monoisotopic (exact) mass is 254 g/mol. The molecule has 2 heteroatoms. The molecule has 1 saturated heterocycles. The number of likely N-dealkylation sites (N-methyl/N-ethyl adjacent to an activating group) is 1. The van der Waals surface area contributed by atoms with Crippen LogP contribution in [0.25, 0.3) is 0 Å². The van der Waals surface area contributed by atoms with Gasteiger partial charge in [-0.1, -0.05) is 40.5 Å². The normalized spacial score (nSPS) is 21.5. The van der Waals surface area contributed by atoms with Gasteiger partial charge in [-0.15, -0.1) is 0 Å². The molecule has 0 aromatic heterocycles. The Morgan fingerprint density at radius 1 is 1.17 bits per heavy atom. The number of nitrogens with zero attached hydrogens (tertiary/aromatic N) is 2. The molecule has 18 heavy (non-hydrogen) atoms. The summed E-state index contributed by atoms with van der Waals surface area (Å²) in [5.74, 6) is 0.992. The van der Waals surface area contributed by atoms with Gasteiger partial charge >= 0.3 is 0 Å². The van der Waals surface area contributed by atoms with Crippen LogP contribution in [-0.4, -0.2) is 49.6 Å². The molecule has 1 unspecified atom stereocenters. The van der Waals surface area contributed by atoms with E-state index in [9.17, 15) is 0 Å². The van der Waals surface area contributed by atoms with Gasteiger partial charge < -0.3 is 4.90 Å². The minimum Gasteiger partial charge on any atom is -0.308 e. The van der Waals surface area contributed by atoms with Crippen LogP contribution in [0.5, 0.6) is 0 Å². The number of piperidine rings is 1. The summed E-state index contributed by atoms with van der Waals surface area (Å²) in [5, 5.41) is 0. The molecule has 0 radical (unpaired) electrons. The maximum atomic E-state index is 2.74. The van der Waals surface area contributed by atoms with Gasteiger partial charge in [0.05, 0.1) is 0 Å². The quantitative estimate of drug-likeness (QED) is 0.741. The number of hydrogen-bond acceptors (Lipinski definition) is 2. The van der Waals surface area contributed by atoms with Crippen LogP contribution < -0.4 is 0 Å². The highest BCUT2D eigenvalue weighted by molar-refractivity contribution is 4.87. The molecule has 0 spiro atoms. The number of rotatable bonds is 5. The van der Waals surface area contributed by atoms with Gasteiger partial charge in [-0.05, 0) is 51.4 Å². The van der Waals surface area contributed by atoms with E-state index in [4.69, 9.17) is 0 Å².